The van der Waals surface area contributed by atoms with E-state index >= 15 is 0 Å². The van der Waals surface area contributed by atoms with E-state index in [9.17, 15) is 10.1 Å². The number of hydrogen-bond acceptors (Lipinski definition) is 6. The molecule has 0 aliphatic rings. The van der Waals surface area contributed by atoms with Gasteiger partial charge in [0.25, 0.3) is 5.69 Å². The van der Waals surface area contributed by atoms with E-state index in [-0.39, 0.29) is 5.69 Å². The van der Waals surface area contributed by atoms with Crippen LogP contribution in [-0.4, -0.2) is 17.0 Å². The van der Waals surface area contributed by atoms with Crippen LogP contribution in [0.25, 0.3) is 0 Å². The molecular weight excluding hydrogens is 278 g/mol. The van der Waals surface area contributed by atoms with Gasteiger partial charge < -0.3 is 10.1 Å². The first-order chi connectivity index (χ1) is 9.44. The van der Waals surface area contributed by atoms with Crippen LogP contribution >= 0.6 is 11.3 Å². The lowest BCUT2D eigenvalue weighted by atomic mass is 10.1. The van der Waals surface area contributed by atoms with Crippen molar-refractivity contribution in [2.24, 2.45) is 0 Å². The normalized spacial score (nSPS) is 11.2. The van der Waals surface area contributed by atoms with E-state index < -0.39 is 10.5 Å². The van der Waals surface area contributed by atoms with Crippen molar-refractivity contribution in [1.82, 2.24) is 4.98 Å². The number of anilines is 1. The summed E-state index contributed by atoms with van der Waals surface area (Å²) in [6.45, 7) is 3.86. The SMILES string of the molecule is COc1ccc(NC(C)(C)c2nccs2)c([N+](=O)[O-])c1. The van der Waals surface area contributed by atoms with Gasteiger partial charge in [0.05, 0.1) is 23.6 Å². The quantitative estimate of drug-likeness (QED) is 0.675. The van der Waals surface area contributed by atoms with Crippen LogP contribution in [0.5, 0.6) is 5.75 Å². The van der Waals surface area contributed by atoms with E-state index in [1.807, 2.05) is 19.2 Å². The molecule has 0 bridgehead atoms. The fraction of sp³-hybridized carbons (Fsp3) is 0.308. The van der Waals surface area contributed by atoms with Gasteiger partial charge in [-0.15, -0.1) is 11.3 Å². The van der Waals surface area contributed by atoms with Gasteiger partial charge in [0.1, 0.15) is 16.4 Å². The third-order valence-corrected chi connectivity index (χ3v) is 3.91. The second-order valence-electron chi connectivity index (χ2n) is 4.73. The van der Waals surface area contributed by atoms with Crippen LogP contribution in [0, 0.1) is 10.1 Å². The van der Waals surface area contributed by atoms with Crippen molar-refractivity contribution < 1.29 is 9.66 Å². The zero-order valence-corrected chi connectivity index (χ0v) is 12.2. The topological polar surface area (TPSA) is 77.3 Å². The Morgan fingerprint density at radius 3 is 2.75 bits per heavy atom. The van der Waals surface area contributed by atoms with Gasteiger partial charge in [-0.05, 0) is 26.0 Å². The number of benzene rings is 1. The number of rotatable bonds is 5. The molecule has 0 spiro atoms. The van der Waals surface area contributed by atoms with Gasteiger partial charge in [-0.1, -0.05) is 0 Å². The van der Waals surface area contributed by atoms with Crippen LogP contribution in [-0.2, 0) is 5.54 Å². The van der Waals surface area contributed by atoms with E-state index in [4.69, 9.17) is 4.74 Å². The smallest absolute Gasteiger partial charge is 0.296 e. The molecule has 106 valence electrons. The van der Waals surface area contributed by atoms with Crippen molar-refractivity contribution in [3.8, 4) is 5.75 Å². The molecule has 0 saturated heterocycles. The molecule has 1 heterocycles. The van der Waals surface area contributed by atoms with E-state index in [1.54, 1.807) is 18.3 Å². The Bertz CT molecular complexity index is 611. The molecule has 0 aliphatic carbocycles. The Labute approximate surface area is 120 Å². The molecule has 2 aromatic rings. The Morgan fingerprint density at radius 2 is 2.20 bits per heavy atom. The maximum Gasteiger partial charge on any atom is 0.296 e. The summed E-state index contributed by atoms with van der Waals surface area (Å²) in [6, 6.07) is 4.74. The number of nitrogens with one attached hydrogen (secondary N) is 1. The lowest BCUT2D eigenvalue weighted by Gasteiger charge is -2.25. The zero-order valence-electron chi connectivity index (χ0n) is 11.4. The van der Waals surface area contributed by atoms with Crippen molar-refractivity contribution in [3.63, 3.8) is 0 Å². The number of hydrogen-bond donors (Lipinski definition) is 1. The summed E-state index contributed by atoms with van der Waals surface area (Å²) in [6.07, 6.45) is 1.71. The molecule has 2 rings (SSSR count). The highest BCUT2D eigenvalue weighted by molar-refractivity contribution is 7.09. The molecule has 1 aromatic carbocycles. The Hall–Kier alpha value is -2.15. The maximum absolute atomic E-state index is 11.2. The van der Waals surface area contributed by atoms with Gasteiger partial charge in [-0.2, -0.15) is 0 Å². The highest BCUT2D eigenvalue weighted by atomic mass is 32.1. The minimum Gasteiger partial charge on any atom is -0.496 e. The monoisotopic (exact) mass is 293 g/mol. The average molecular weight is 293 g/mol. The highest BCUT2D eigenvalue weighted by Crippen LogP contribution is 2.34. The molecule has 1 N–H and O–H groups in total. The van der Waals surface area contributed by atoms with Crippen LogP contribution < -0.4 is 10.1 Å². The summed E-state index contributed by atoms with van der Waals surface area (Å²) >= 11 is 1.50. The predicted octanol–water partition coefficient (Wildman–Crippen LogP) is 3.41. The molecule has 20 heavy (non-hydrogen) atoms. The fourth-order valence-electron chi connectivity index (χ4n) is 1.82. The van der Waals surface area contributed by atoms with Gasteiger partial charge in [-0.3, -0.25) is 10.1 Å². The van der Waals surface area contributed by atoms with E-state index in [1.165, 1.54) is 24.5 Å². The van der Waals surface area contributed by atoms with Crippen molar-refractivity contribution in [2.75, 3.05) is 12.4 Å². The lowest BCUT2D eigenvalue weighted by molar-refractivity contribution is -0.384. The molecule has 0 unspecified atom stereocenters. The van der Waals surface area contributed by atoms with Crippen molar-refractivity contribution in [1.29, 1.82) is 0 Å². The molecule has 0 saturated carbocycles. The number of nitro benzene ring substituents is 1. The van der Waals surface area contributed by atoms with Crippen molar-refractivity contribution >= 4 is 22.7 Å². The summed E-state index contributed by atoms with van der Waals surface area (Å²) in [5.74, 6) is 0.453. The molecule has 0 fully saturated rings. The van der Waals surface area contributed by atoms with Gasteiger partial charge in [0.2, 0.25) is 0 Å². The summed E-state index contributed by atoms with van der Waals surface area (Å²) in [7, 11) is 1.48. The van der Waals surface area contributed by atoms with Crippen molar-refractivity contribution in [3.05, 3.63) is 44.9 Å². The van der Waals surface area contributed by atoms with Crippen LogP contribution in [0.4, 0.5) is 11.4 Å². The predicted molar refractivity (Wildman–Crippen MR) is 78.4 cm³/mol. The molecule has 0 aliphatic heterocycles. The first-order valence-electron chi connectivity index (χ1n) is 5.94. The zero-order chi connectivity index (χ0) is 14.8. The Kier molecular flexibility index (Phi) is 3.89. The fourth-order valence-corrected chi connectivity index (χ4v) is 2.54. The average Bonchev–Trinajstić information content (AvgIpc) is 2.93. The number of nitrogens with zero attached hydrogens (tertiary/aromatic N) is 2. The second-order valence-corrected chi connectivity index (χ2v) is 5.62. The Morgan fingerprint density at radius 1 is 1.45 bits per heavy atom. The van der Waals surface area contributed by atoms with E-state index in [2.05, 4.69) is 10.3 Å². The van der Waals surface area contributed by atoms with E-state index in [0.717, 1.165) is 5.01 Å². The minimum absolute atomic E-state index is 0.0195. The number of thiazole rings is 1. The van der Waals surface area contributed by atoms with Gasteiger partial charge in [0.15, 0.2) is 0 Å². The first kappa shape index (κ1) is 14.3. The molecular formula is C13H15N3O3S. The first-order valence-corrected chi connectivity index (χ1v) is 6.82. The van der Waals surface area contributed by atoms with Crippen LogP contribution in [0.3, 0.4) is 0 Å². The largest absolute Gasteiger partial charge is 0.496 e. The van der Waals surface area contributed by atoms with Crippen LogP contribution in [0.15, 0.2) is 29.8 Å². The van der Waals surface area contributed by atoms with Gasteiger partial charge in [0, 0.05) is 11.6 Å². The standard InChI is InChI=1S/C13H15N3O3S/c1-13(2,12-14-6-7-20-12)15-10-5-4-9(19-3)8-11(10)16(17)18/h4-8,15H,1-3H3. The van der Waals surface area contributed by atoms with Crippen molar-refractivity contribution in [2.45, 2.75) is 19.4 Å². The molecule has 7 heteroatoms. The molecule has 6 nitrogen and oxygen atoms in total. The second kappa shape index (κ2) is 5.46. The lowest BCUT2D eigenvalue weighted by Crippen LogP contribution is -2.28. The summed E-state index contributed by atoms with van der Waals surface area (Å²) in [4.78, 5) is 15.0. The molecule has 0 radical (unpaired) electrons. The van der Waals surface area contributed by atoms with Crippen LogP contribution in [0.1, 0.15) is 18.9 Å². The third-order valence-electron chi connectivity index (χ3n) is 2.82. The molecule has 0 atom stereocenters. The highest BCUT2D eigenvalue weighted by Gasteiger charge is 2.26. The number of ether oxygens (including phenoxy) is 1. The molecule has 0 amide bonds. The van der Waals surface area contributed by atoms with Gasteiger partial charge in [-0.25, -0.2) is 4.98 Å². The minimum atomic E-state index is -0.493. The number of methoxy groups -OCH3 is 1. The Balaban J connectivity index is 2.36. The van der Waals surface area contributed by atoms with Gasteiger partial charge >= 0.3 is 0 Å². The number of aromatic nitrogens is 1. The third kappa shape index (κ3) is 2.88. The maximum atomic E-state index is 11.2. The summed E-state index contributed by atoms with van der Waals surface area (Å²) in [5, 5.41) is 17.1. The summed E-state index contributed by atoms with van der Waals surface area (Å²) in [5.41, 5.74) is -0.0713. The summed E-state index contributed by atoms with van der Waals surface area (Å²) < 4.78 is 5.02. The van der Waals surface area contributed by atoms with E-state index in [0.29, 0.717) is 11.4 Å². The molecule has 1 aromatic heterocycles. The number of nitro groups is 1. The van der Waals surface area contributed by atoms with Crippen LogP contribution in [0.2, 0.25) is 0 Å².